The van der Waals surface area contributed by atoms with E-state index in [2.05, 4.69) is 163 Å². The molecule has 0 radical (unpaired) electrons. The second kappa shape index (κ2) is 15.2. The largest absolute Gasteiger partial charge is 0.309 e. The van der Waals surface area contributed by atoms with E-state index in [0.717, 1.165) is 78.0 Å². The van der Waals surface area contributed by atoms with Crippen LogP contribution in [0.25, 0.3) is 111 Å². The van der Waals surface area contributed by atoms with Crippen molar-refractivity contribution in [3.05, 3.63) is 219 Å². The van der Waals surface area contributed by atoms with Crippen LogP contribution in [0, 0.1) is 11.3 Å². The third kappa shape index (κ3) is 5.74. The second-order valence-corrected chi connectivity index (χ2v) is 15.8. The van der Waals surface area contributed by atoms with Crippen molar-refractivity contribution < 1.29 is 0 Å². The fourth-order valence-corrected chi connectivity index (χ4v) is 9.78. The fourth-order valence-electron chi connectivity index (χ4n) is 9.78. The van der Waals surface area contributed by atoms with Crippen LogP contribution in [-0.4, -0.2) is 29.1 Å². The minimum Gasteiger partial charge on any atom is -0.309 e. The highest BCUT2D eigenvalue weighted by molar-refractivity contribution is 6.29. The lowest BCUT2D eigenvalue weighted by Gasteiger charge is -2.25. The zero-order chi connectivity index (χ0) is 42.6. The Kier molecular flexibility index (Phi) is 8.73. The number of hydrogen-bond donors (Lipinski definition) is 0. The lowest BCUT2D eigenvalue weighted by molar-refractivity contribution is 1.17. The Morgan fingerprint density at radius 1 is 0.328 bits per heavy atom. The van der Waals surface area contributed by atoms with Gasteiger partial charge >= 0.3 is 0 Å². The van der Waals surface area contributed by atoms with E-state index in [4.69, 9.17) is 0 Å². The van der Waals surface area contributed by atoms with Gasteiger partial charge in [-0.3, -0.25) is 19.9 Å². The van der Waals surface area contributed by atoms with Gasteiger partial charge in [0, 0.05) is 127 Å². The maximum Gasteiger partial charge on any atom is 0.100 e. The van der Waals surface area contributed by atoms with Gasteiger partial charge in [-0.05, 0) is 83.9 Å². The van der Waals surface area contributed by atoms with Crippen LogP contribution in [0.4, 0.5) is 0 Å². The van der Waals surface area contributed by atoms with E-state index >= 15 is 0 Å². The molecule has 0 saturated carbocycles. The predicted molar refractivity (Wildman–Crippen MR) is 258 cm³/mol. The molecule has 0 aliphatic heterocycles. The first-order valence-electron chi connectivity index (χ1n) is 21.2. The van der Waals surface area contributed by atoms with Crippen LogP contribution in [0.2, 0.25) is 0 Å². The summed E-state index contributed by atoms with van der Waals surface area (Å²) in [5.74, 6) is 0. The van der Waals surface area contributed by atoms with Gasteiger partial charge in [-0.25, -0.2) is 0 Å². The van der Waals surface area contributed by atoms with Crippen molar-refractivity contribution in [2.45, 2.75) is 0 Å². The molecule has 6 aromatic heterocycles. The van der Waals surface area contributed by atoms with Crippen LogP contribution in [-0.2, 0) is 0 Å². The molecule has 0 N–H and O–H groups in total. The summed E-state index contributed by atoms with van der Waals surface area (Å²) in [6.07, 6.45) is 14.5. The molecule has 7 nitrogen and oxygen atoms in total. The average molecular weight is 818 g/mol. The van der Waals surface area contributed by atoms with Gasteiger partial charge in [-0.2, -0.15) is 5.26 Å². The summed E-state index contributed by atoms with van der Waals surface area (Å²) in [4.78, 5) is 18.3. The summed E-state index contributed by atoms with van der Waals surface area (Å²) in [6.45, 7) is 0. The molecule has 0 atom stereocenters. The maximum absolute atomic E-state index is 11.3. The van der Waals surface area contributed by atoms with Crippen molar-refractivity contribution in [2.75, 3.05) is 0 Å². The van der Waals surface area contributed by atoms with Crippen molar-refractivity contribution in [2.24, 2.45) is 0 Å². The third-order valence-corrected chi connectivity index (χ3v) is 12.3. The molecule has 0 fully saturated rings. The molecule has 0 saturated heterocycles. The summed E-state index contributed by atoms with van der Waals surface area (Å²) in [5, 5.41) is 16.2. The standard InChI is InChI=1S/C57H35N7/c58-32-46-51(38-12-8-28-59-33-38)54(40-14-10-30-61-35-40)53(55(41-15-11-31-62-36-41)52(46)39-13-9-29-60-34-39)37-22-24-43(25-23-37)64-48-21-7-5-19-45(48)57-50(64)27-26-49-56(57)44-18-4-6-20-47(44)63(49)42-16-2-1-3-17-42/h1-31,33-36H. The number of rotatable bonds is 7. The van der Waals surface area contributed by atoms with Crippen molar-refractivity contribution in [1.82, 2.24) is 29.1 Å². The van der Waals surface area contributed by atoms with Gasteiger partial charge in [0.2, 0.25) is 0 Å². The van der Waals surface area contributed by atoms with E-state index in [1.54, 1.807) is 24.8 Å². The van der Waals surface area contributed by atoms with Crippen molar-refractivity contribution in [1.29, 1.82) is 5.26 Å². The number of hydrogen-bond acceptors (Lipinski definition) is 5. The third-order valence-electron chi connectivity index (χ3n) is 12.3. The minimum atomic E-state index is 0.518. The summed E-state index contributed by atoms with van der Waals surface area (Å²) >= 11 is 0. The van der Waals surface area contributed by atoms with Crippen LogP contribution < -0.4 is 0 Å². The molecular weight excluding hydrogens is 783 g/mol. The number of nitrogens with zero attached hydrogens (tertiary/aromatic N) is 7. The van der Waals surface area contributed by atoms with Crippen molar-refractivity contribution in [3.63, 3.8) is 0 Å². The van der Waals surface area contributed by atoms with E-state index in [1.807, 2.05) is 61.2 Å². The smallest absolute Gasteiger partial charge is 0.100 e. The number of fused-ring (bicyclic) bond motifs is 7. The molecule has 0 aliphatic carbocycles. The molecular formula is C57H35N7. The predicted octanol–water partition coefficient (Wildman–Crippen LogP) is 13.7. The van der Waals surface area contributed by atoms with Gasteiger partial charge in [0.1, 0.15) is 6.07 Å². The summed E-state index contributed by atoms with van der Waals surface area (Å²) in [5.41, 5.74) is 15.9. The lowest BCUT2D eigenvalue weighted by atomic mass is 9.76. The molecule has 0 aliphatic rings. The minimum absolute atomic E-state index is 0.518. The number of aromatic nitrogens is 6. The van der Waals surface area contributed by atoms with Gasteiger partial charge in [-0.15, -0.1) is 0 Å². The fraction of sp³-hybridized carbons (Fsp3) is 0. The number of pyridine rings is 4. The van der Waals surface area contributed by atoms with Crippen LogP contribution in [0.1, 0.15) is 5.56 Å². The van der Waals surface area contributed by atoms with E-state index in [-0.39, 0.29) is 0 Å². The quantitative estimate of drug-likeness (QED) is 0.160. The number of benzene rings is 6. The molecule has 12 rings (SSSR count). The highest BCUT2D eigenvalue weighted by Gasteiger charge is 2.29. The van der Waals surface area contributed by atoms with Crippen LogP contribution in [0.3, 0.4) is 0 Å². The van der Waals surface area contributed by atoms with E-state index in [0.29, 0.717) is 5.56 Å². The van der Waals surface area contributed by atoms with Crippen molar-refractivity contribution in [3.8, 4) is 73.1 Å². The Bertz CT molecular complexity index is 3640. The highest BCUT2D eigenvalue weighted by atomic mass is 15.0. The Balaban J connectivity index is 1.16. The first-order chi connectivity index (χ1) is 31.8. The number of para-hydroxylation sites is 3. The molecule has 0 unspecified atom stereocenters. The molecule has 6 heterocycles. The molecule has 0 amide bonds. The molecule has 12 aromatic rings. The monoisotopic (exact) mass is 817 g/mol. The van der Waals surface area contributed by atoms with Crippen molar-refractivity contribution >= 4 is 43.6 Å². The summed E-state index contributed by atoms with van der Waals surface area (Å²) < 4.78 is 4.76. The van der Waals surface area contributed by atoms with Crippen LogP contribution in [0.15, 0.2) is 213 Å². The topological polar surface area (TPSA) is 85.2 Å². The Morgan fingerprint density at radius 3 is 1.14 bits per heavy atom. The normalized spacial score (nSPS) is 11.4. The van der Waals surface area contributed by atoms with Gasteiger partial charge in [0.05, 0.1) is 27.6 Å². The van der Waals surface area contributed by atoms with E-state index in [1.165, 1.54) is 32.6 Å². The van der Waals surface area contributed by atoms with E-state index < -0.39 is 0 Å². The SMILES string of the molecule is N#Cc1c(-c2cccnc2)c(-c2cccnc2)c(-c2ccc(-n3c4ccccc4c4c5c6ccccc6n(-c6ccccc6)c5ccc43)cc2)c(-c2cccnc2)c1-c1cccnc1. The maximum atomic E-state index is 11.3. The van der Waals surface area contributed by atoms with Crippen LogP contribution in [0.5, 0.6) is 0 Å². The molecule has 7 heteroatoms. The van der Waals surface area contributed by atoms with Crippen LogP contribution >= 0.6 is 0 Å². The Morgan fingerprint density at radius 2 is 0.719 bits per heavy atom. The van der Waals surface area contributed by atoms with Gasteiger partial charge in [0.15, 0.2) is 0 Å². The Labute approximate surface area is 368 Å². The lowest BCUT2D eigenvalue weighted by Crippen LogP contribution is -2.03. The van der Waals surface area contributed by atoms with E-state index in [9.17, 15) is 5.26 Å². The first kappa shape index (κ1) is 36.8. The molecule has 298 valence electrons. The molecule has 0 bridgehead atoms. The molecule has 6 aromatic carbocycles. The zero-order valence-electron chi connectivity index (χ0n) is 34.3. The van der Waals surface area contributed by atoms with Gasteiger partial charge in [-0.1, -0.05) is 91.0 Å². The van der Waals surface area contributed by atoms with Gasteiger partial charge < -0.3 is 9.13 Å². The number of nitriles is 1. The molecule has 0 spiro atoms. The second-order valence-electron chi connectivity index (χ2n) is 15.8. The summed E-state index contributed by atoms with van der Waals surface area (Å²) in [6, 6.07) is 59.9. The highest BCUT2D eigenvalue weighted by Crippen LogP contribution is 2.52. The average Bonchev–Trinajstić information content (AvgIpc) is 3.90. The van der Waals surface area contributed by atoms with Gasteiger partial charge in [0.25, 0.3) is 0 Å². The zero-order valence-corrected chi connectivity index (χ0v) is 34.3. The Hall–Kier alpha value is -8.99. The molecule has 64 heavy (non-hydrogen) atoms. The summed E-state index contributed by atoms with van der Waals surface area (Å²) in [7, 11) is 0. The first-order valence-corrected chi connectivity index (χ1v) is 21.2.